The maximum Gasteiger partial charge on any atom is 0.310 e. The lowest BCUT2D eigenvalue weighted by molar-refractivity contribution is -0.146. The van der Waals surface area contributed by atoms with Gasteiger partial charge in [-0.2, -0.15) is 0 Å². The van der Waals surface area contributed by atoms with Crippen LogP contribution in [0.2, 0.25) is 0 Å². The Hall–Kier alpha value is -3.29. The molecular formula is C19H20FNO6. The van der Waals surface area contributed by atoms with E-state index >= 15 is 0 Å². The van der Waals surface area contributed by atoms with E-state index in [0.717, 1.165) is 6.07 Å². The highest BCUT2D eigenvalue weighted by Gasteiger charge is 2.16. The fraction of sp³-hybridized carbons (Fsp3) is 0.263. The molecule has 0 saturated heterocycles. The van der Waals surface area contributed by atoms with Crippen molar-refractivity contribution in [3.8, 4) is 17.2 Å². The number of carbonyl (C=O) groups is 2. The van der Waals surface area contributed by atoms with Crippen LogP contribution in [0.15, 0.2) is 36.4 Å². The number of nitrogens with one attached hydrogen (secondary N) is 1. The molecule has 0 saturated carbocycles. The van der Waals surface area contributed by atoms with E-state index in [1.165, 1.54) is 39.5 Å². The normalized spacial score (nSPS) is 10.1. The Kier molecular flexibility index (Phi) is 6.99. The van der Waals surface area contributed by atoms with E-state index in [2.05, 4.69) is 5.32 Å². The van der Waals surface area contributed by atoms with E-state index in [1.54, 1.807) is 12.1 Å². The molecule has 0 fully saturated rings. The van der Waals surface area contributed by atoms with Gasteiger partial charge in [0.25, 0.3) is 5.91 Å². The lowest BCUT2D eigenvalue weighted by Crippen LogP contribution is -2.21. The van der Waals surface area contributed by atoms with Crippen LogP contribution in [0.5, 0.6) is 17.2 Å². The van der Waals surface area contributed by atoms with Gasteiger partial charge in [0.15, 0.2) is 18.1 Å². The molecule has 0 heterocycles. The summed E-state index contributed by atoms with van der Waals surface area (Å²) in [6.45, 7) is -0.486. The van der Waals surface area contributed by atoms with E-state index in [9.17, 15) is 14.0 Å². The van der Waals surface area contributed by atoms with Crippen molar-refractivity contribution in [2.24, 2.45) is 0 Å². The van der Waals surface area contributed by atoms with Crippen LogP contribution in [0.3, 0.4) is 0 Å². The van der Waals surface area contributed by atoms with Gasteiger partial charge in [-0.05, 0) is 35.9 Å². The summed E-state index contributed by atoms with van der Waals surface area (Å²) in [6.07, 6.45) is -0.0933. The third kappa shape index (κ3) is 5.60. The molecule has 0 spiro atoms. The summed E-state index contributed by atoms with van der Waals surface area (Å²) in [5.74, 6) is -0.441. The average molecular weight is 377 g/mol. The Bertz CT molecular complexity index is 799. The second-order valence-corrected chi connectivity index (χ2v) is 5.43. The minimum atomic E-state index is -0.612. The molecular weight excluding hydrogens is 357 g/mol. The maximum absolute atomic E-state index is 13.1. The van der Waals surface area contributed by atoms with Crippen molar-refractivity contribution < 1.29 is 32.9 Å². The topological polar surface area (TPSA) is 83.1 Å². The second-order valence-electron chi connectivity index (χ2n) is 5.43. The summed E-state index contributed by atoms with van der Waals surface area (Å²) in [6, 6.07) is 8.65. The molecule has 0 unspecified atom stereocenters. The number of rotatable bonds is 8. The molecule has 1 N–H and O–H groups in total. The first-order valence-electron chi connectivity index (χ1n) is 7.96. The van der Waals surface area contributed by atoms with Gasteiger partial charge in [0.05, 0.1) is 27.8 Å². The molecule has 2 aromatic rings. The van der Waals surface area contributed by atoms with Gasteiger partial charge >= 0.3 is 5.97 Å². The SMILES string of the molecule is COc1cc(CC(=O)OCC(=O)Nc2cccc(F)c2)cc(OC)c1OC. The van der Waals surface area contributed by atoms with Crippen molar-refractivity contribution in [3.63, 3.8) is 0 Å². The zero-order valence-corrected chi connectivity index (χ0v) is 15.2. The summed E-state index contributed by atoms with van der Waals surface area (Å²) < 4.78 is 33.7. The number of hydrogen-bond donors (Lipinski definition) is 1. The van der Waals surface area contributed by atoms with Gasteiger partial charge in [-0.25, -0.2) is 4.39 Å². The summed E-state index contributed by atoms with van der Waals surface area (Å²) in [4.78, 5) is 23.8. The third-order valence-electron chi connectivity index (χ3n) is 3.55. The highest BCUT2D eigenvalue weighted by Crippen LogP contribution is 2.38. The minimum Gasteiger partial charge on any atom is -0.493 e. The van der Waals surface area contributed by atoms with Gasteiger partial charge < -0.3 is 24.3 Å². The number of halogens is 1. The van der Waals surface area contributed by atoms with Crippen molar-refractivity contribution in [1.29, 1.82) is 0 Å². The zero-order valence-electron chi connectivity index (χ0n) is 15.2. The maximum atomic E-state index is 13.1. The Balaban J connectivity index is 1.94. The second kappa shape index (κ2) is 9.42. The molecule has 0 atom stereocenters. The number of esters is 1. The van der Waals surface area contributed by atoms with Crippen molar-refractivity contribution >= 4 is 17.6 Å². The number of anilines is 1. The highest BCUT2D eigenvalue weighted by molar-refractivity contribution is 5.92. The third-order valence-corrected chi connectivity index (χ3v) is 3.55. The average Bonchev–Trinajstić information content (AvgIpc) is 2.65. The van der Waals surface area contributed by atoms with Crippen LogP contribution in [0, 0.1) is 5.82 Å². The Morgan fingerprint density at radius 2 is 1.67 bits per heavy atom. The van der Waals surface area contributed by atoms with Gasteiger partial charge in [-0.3, -0.25) is 9.59 Å². The van der Waals surface area contributed by atoms with Gasteiger partial charge in [-0.1, -0.05) is 6.07 Å². The minimum absolute atomic E-state index is 0.0933. The van der Waals surface area contributed by atoms with E-state index < -0.39 is 24.3 Å². The Morgan fingerprint density at radius 1 is 1.00 bits per heavy atom. The van der Waals surface area contributed by atoms with Crippen LogP contribution >= 0.6 is 0 Å². The molecule has 0 aromatic heterocycles. The van der Waals surface area contributed by atoms with Crippen molar-refractivity contribution in [2.75, 3.05) is 33.3 Å². The summed E-state index contributed by atoms with van der Waals surface area (Å²) >= 11 is 0. The first-order valence-corrected chi connectivity index (χ1v) is 7.96. The first-order chi connectivity index (χ1) is 13.0. The molecule has 27 heavy (non-hydrogen) atoms. The molecule has 0 aliphatic heterocycles. The number of hydrogen-bond acceptors (Lipinski definition) is 6. The summed E-state index contributed by atoms with van der Waals surface area (Å²) in [5.41, 5.74) is 0.848. The molecule has 8 heteroatoms. The highest BCUT2D eigenvalue weighted by atomic mass is 19.1. The summed E-state index contributed by atoms with van der Waals surface area (Å²) in [5, 5.41) is 2.44. The monoisotopic (exact) mass is 377 g/mol. The van der Waals surface area contributed by atoms with E-state index in [1.807, 2.05) is 0 Å². The molecule has 144 valence electrons. The molecule has 0 aliphatic rings. The largest absolute Gasteiger partial charge is 0.493 e. The van der Waals surface area contributed by atoms with E-state index in [-0.39, 0.29) is 12.1 Å². The lowest BCUT2D eigenvalue weighted by Gasteiger charge is -2.14. The van der Waals surface area contributed by atoms with Crippen molar-refractivity contribution in [1.82, 2.24) is 0 Å². The van der Waals surface area contributed by atoms with Gasteiger partial charge in [-0.15, -0.1) is 0 Å². The zero-order chi connectivity index (χ0) is 19.8. The Labute approximate surface area is 156 Å². The van der Waals surface area contributed by atoms with E-state index in [4.69, 9.17) is 18.9 Å². The molecule has 0 bridgehead atoms. The van der Waals surface area contributed by atoms with Crippen LogP contribution in [0.1, 0.15) is 5.56 Å². The number of amides is 1. The fourth-order valence-corrected chi connectivity index (χ4v) is 2.36. The molecule has 2 aromatic carbocycles. The van der Waals surface area contributed by atoms with E-state index in [0.29, 0.717) is 22.8 Å². The number of benzene rings is 2. The van der Waals surface area contributed by atoms with Gasteiger partial charge in [0.2, 0.25) is 5.75 Å². The predicted octanol–water partition coefficient (Wildman–Crippen LogP) is 2.58. The first kappa shape index (κ1) is 20.0. The predicted molar refractivity (Wildman–Crippen MR) is 95.8 cm³/mol. The van der Waals surface area contributed by atoms with Crippen LogP contribution in [0.4, 0.5) is 10.1 Å². The molecule has 2 rings (SSSR count). The van der Waals surface area contributed by atoms with Crippen LogP contribution in [-0.2, 0) is 20.7 Å². The van der Waals surface area contributed by atoms with Gasteiger partial charge in [0, 0.05) is 5.69 Å². The smallest absolute Gasteiger partial charge is 0.310 e. The van der Waals surface area contributed by atoms with Crippen LogP contribution in [0.25, 0.3) is 0 Å². The molecule has 1 amide bonds. The number of ether oxygens (including phenoxy) is 4. The lowest BCUT2D eigenvalue weighted by atomic mass is 10.1. The van der Waals surface area contributed by atoms with Crippen molar-refractivity contribution in [3.05, 3.63) is 47.8 Å². The number of methoxy groups -OCH3 is 3. The Morgan fingerprint density at radius 3 is 2.22 bits per heavy atom. The number of carbonyl (C=O) groups excluding carboxylic acids is 2. The fourth-order valence-electron chi connectivity index (χ4n) is 2.36. The molecule has 0 aliphatic carbocycles. The van der Waals surface area contributed by atoms with Gasteiger partial charge in [0.1, 0.15) is 5.82 Å². The van der Waals surface area contributed by atoms with Crippen molar-refractivity contribution in [2.45, 2.75) is 6.42 Å². The standard InChI is InChI=1S/C19H20FNO6/c1-24-15-7-12(8-16(25-2)19(15)26-3)9-18(23)27-11-17(22)21-14-6-4-5-13(20)10-14/h4-8,10H,9,11H2,1-3H3,(H,21,22). The van der Waals surface area contributed by atoms with Crippen LogP contribution < -0.4 is 19.5 Å². The molecule has 7 nitrogen and oxygen atoms in total. The quantitative estimate of drug-likeness (QED) is 0.712. The van der Waals surface area contributed by atoms with Crippen LogP contribution in [-0.4, -0.2) is 39.8 Å². The summed E-state index contributed by atoms with van der Waals surface area (Å²) in [7, 11) is 4.41. The molecule has 0 radical (unpaired) electrons.